The van der Waals surface area contributed by atoms with Crippen molar-refractivity contribution in [1.29, 1.82) is 0 Å². The number of benzene rings is 1. The molecule has 2 aromatic rings. The minimum absolute atomic E-state index is 0.255. The molecular weight excluding hydrogens is 258 g/mol. The van der Waals surface area contributed by atoms with Gasteiger partial charge >= 0.3 is 5.97 Å². The Hall–Kier alpha value is -2.27. The lowest BCUT2D eigenvalue weighted by molar-refractivity contribution is 0.0599. The number of nitrogens with one attached hydrogen (secondary N) is 1. The summed E-state index contributed by atoms with van der Waals surface area (Å²) in [5, 5.41) is 12.8. The number of para-hydroxylation sites is 1. The van der Waals surface area contributed by atoms with Crippen LogP contribution in [0.15, 0.2) is 34.7 Å². The highest BCUT2D eigenvalue weighted by Crippen LogP contribution is 2.17. The van der Waals surface area contributed by atoms with Crippen molar-refractivity contribution in [3.05, 3.63) is 53.0 Å². The molecule has 0 unspecified atom stereocenters. The molecule has 0 aliphatic carbocycles. The van der Waals surface area contributed by atoms with E-state index >= 15 is 0 Å². The molecule has 5 nitrogen and oxygen atoms in total. The number of ether oxygens (including phenoxy) is 1. The van der Waals surface area contributed by atoms with Gasteiger partial charge in [0.15, 0.2) is 0 Å². The largest absolute Gasteiger partial charge is 0.508 e. The molecule has 0 aliphatic heterocycles. The molecule has 0 atom stereocenters. The fourth-order valence-corrected chi connectivity index (χ4v) is 1.92. The monoisotopic (exact) mass is 275 g/mol. The molecule has 0 saturated carbocycles. The maximum Gasteiger partial charge on any atom is 0.341 e. The number of phenols is 1. The quantitative estimate of drug-likeness (QED) is 0.820. The van der Waals surface area contributed by atoms with E-state index in [1.165, 1.54) is 7.11 Å². The fraction of sp³-hybridized carbons (Fsp3) is 0.267. The minimum Gasteiger partial charge on any atom is -0.508 e. The van der Waals surface area contributed by atoms with Gasteiger partial charge in [-0.05, 0) is 19.1 Å². The highest BCUT2D eigenvalue weighted by atomic mass is 16.5. The van der Waals surface area contributed by atoms with Crippen molar-refractivity contribution in [3.8, 4) is 5.75 Å². The maximum absolute atomic E-state index is 11.5. The lowest BCUT2D eigenvalue weighted by atomic mass is 10.2. The molecule has 0 spiro atoms. The predicted octanol–water partition coefficient (Wildman–Crippen LogP) is 2.37. The molecule has 2 rings (SSSR count). The second kappa shape index (κ2) is 6.25. The number of methoxy groups -OCH3 is 1. The van der Waals surface area contributed by atoms with Gasteiger partial charge in [-0.3, -0.25) is 0 Å². The standard InChI is InChI=1S/C15H17NO4/c1-10-13(15(18)19-2)7-12(20-10)9-16-8-11-5-3-4-6-14(11)17/h3-7,16-17H,8-9H2,1-2H3. The molecule has 2 N–H and O–H groups in total. The summed E-state index contributed by atoms with van der Waals surface area (Å²) in [6, 6.07) is 8.79. The van der Waals surface area contributed by atoms with Gasteiger partial charge < -0.3 is 19.6 Å². The van der Waals surface area contributed by atoms with Gasteiger partial charge in [0.2, 0.25) is 0 Å². The van der Waals surface area contributed by atoms with Crippen LogP contribution in [0, 0.1) is 6.92 Å². The van der Waals surface area contributed by atoms with Crippen LogP contribution in [0.1, 0.15) is 27.4 Å². The summed E-state index contributed by atoms with van der Waals surface area (Å²) in [6.07, 6.45) is 0. The molecule has 1 heterocycles. The molecule has 0 radical (unpaired) electrons. The van der Waals surface area contributed by atoms with Crippen LogP contribution < -0.4 is 5.32 Å². The van der Waals surface area contributed by atoms with Crippen molar-refractivity contribution in [2.75, 3.05) is 7.11 Å². The van der Waals surface area contributed by atoms with E-state index in [4.69, 9.17) is 4.42 Å². The third kappa shape index (κ3) is 3.19. The Morgan fingerprint density at radius 3 is 2.80 bits per heavy atom. The first-order valence-electron chi connectivity index (χ1n) is 6.27. The Morgan fingerprint density at radius 1 is 1.35 bits per heavy atom. The number of carbonyl (C=O) groups is 1. The highest BCUT2D eigenvalue weighted by molar-refractivity contribution is 5.90. The number of aromatic hydroxyl groups is 1. The van der Waals surface area contributed by atoms with Crippen molar-refractivity contribution >= 4 is 5.97 Å². The fourth-order valence-electron chi connectivity index (χ4n) is 1.92. The van der Waals surface area contributed by atoms with Gasteiger partial charge in [-0.15, -0.1) is 0 Å². The number of furan rings is 1. The van der Waals surface area contributed by atoms with Gasteiger partial charge in [-0.25, -0.2) is 4.79 Å². The van der Waals surface area contributed by atoms with Crippen LogP contribution in [0.4, 0.5) is 0 Å². The van der Waals surface area contributed by atoms with E-state index in [1.807, 2.05) is 12.1 Å². The van der Waals surface area contributed by atoms with Crippen LogP contribution in [0.5, 0.6) is 5.75 Å². The lowest BCUT2D eigenvalue weighted by Crippen LogP contribution is -2.12. The Labute approximate surface area is 117 Å². The summed E-state index contributed by atoms with van der Waals surface area (Å²) in [5.74, 6) is 1.04. The van der Waals surface area contributed by atoms with E-state index in [2.05, 4.69) is 10.1 Å². The number of aryl methyl sites for hydroxylation is 1. The zero-order valence-corrected chi connectivity index (χ0v) is 11.5. The molecule has 0 saturated heterocycles. The number of rotatable bonds is 5. The van der Waals surface area contributed by atoms with Crippen molar-refractivity contribution in [2.45, 2.75) is 20.0 Å². The number of hydrogen-bond donors (Lipinski definition) is 2. The Kier molecular flexibility index (Phi) is 4.42. The van der Waals surface area contributed by atoms with Crippen LogP contribution in [-0.4, -0.2) is 18.2 Å². The van der Waals surface area contributed by atoms with Gasteiger partial charge in [-0.2, -0.15) is 0 Å². The maximum atomic E-state index is 11.5. The number of carbonyl (C=O) groups excluding carboxylic acids is 1. The molecule has 0 amide bonds. The Morgan fingerprint density at radius 2 is 2.10 bits per heavy atom. The second-order valence-electron chi connectivity index (χ2n) is 4.41. The van der Waals surface area contributed by atoms with Gasteiger partial charge in [0.1, 0.15) is 22.8 Å². The Bertz CT molecular complexity index is 604. The lowest BCUT2D eigenvalue weighted by Gasteiger charge is -2.04. The van der Waals surface area contributed by atoms with E-state index < -0.39 is 5.97 Å². The predicted molar refractivity (Wildman–Crippen MR) is 73.4 cm³/mol. The zero-order chi connectivity index (χ0) is 14.5. The molecule has 20 heavy (non-hydrogen) atoms. The first kappa shape index (κ1) is 14.1. The van der Waals surface area contributed by atoms with E-state index in [-0.39, 0.29) is 5.75 Å². The van der Waals surface area contributed by atoms with Gasteiger partial charge in [-0.1, -0.05) is 18.2 Å². The van der Waals surface area contributed by atoms with Crippen LogP contribution in [0.2, 0.25) is 0 Å². The van der Waals surface area contributed by atoms with E-state index in [0.29, 0.717) is 30.2 Å². The summed E-state index contributed by atoms with van der Waals surface area (Å²) in [7, 11) is 1.34. The van der Waals surface area contributed by atoms with Gasteiger partial charge in [0.25, 0.3) is 0 Å². The molecule has 0 bridgehead atoms. The molecular formula is C15H17NO4. The SMILES string of the molecule is COC(=O)c1cc(CNCc2ccccc2O)oc1C. The molecule has 1 aromatic carbocycles. The van der Waals surface area contributed by atoms with Crippen LogP contribution in [-0.2, 0) is 17.8 Å². The van der Waals surface area contributed by atoms with Crippen molar-refractivity contribution in [3.63, 3.8) is 0 Å². The van der Waals surface area contributed by atoms with Crippen molar-refractivity contribution in [2.24, 2.45) is 0 Å². The highest BCUT2D eigenvalue weighted by Gasteiger charge is 2.14. The summed E-state index contributed by atoms with van der Waals surface area (Å²) >= 11 is 0. The number of phenolic OH excluding ortho intramolecular Hbond substituents is 1. The smallest absolute Gasteiger partial charge is 0.341 e. The number of esters is 1. The first-order chi connectivity index (χ1) is 9.61. The molecule has 106 valence electrons. The topological polar surface area (TPSA) is 71.7 Å². The van der Waals surface area contributed by atoms with Crippen LogP contribution in [0.25, 0.3) is 0 Å². The van der Waals surface area contributed by atoms with Crippen LogP contribution >= 0.6 is 0 Å². The summed E-state index contributed by atoms with van der Waals surface area (Å²) in [6.45, 7) is 2.70. The average molecular weight is 275 g/mol. The average Bonchev–Trinajstić information content (AvgIpc) is 2.81. The summed E-state index contributed by atoms with van der Waals surface area (Å²) in [5.41, 5.74) is 1.25. The third-order valence-corrected chi connectivity index (χ3v) is 2.98. The zero-order valence-electron chi connectivity index (χ0n) is 11.5. The van der Waals surface area contributed by atoms with Gasteiger partial charge in [0, 0.05) is 12.1 Å². The van der Waals surface area contributed by atoms with E-state index in [1.54, 1.807) is 25.1 Å². The molecule has 0 fully saturated rings. The first-order valence-corrected chi connectivity index (χ1v) is 6.27. The summed E-state index contributed by atoms with van der Waals surface area (Å²) < 4.78 is 10.1. The second-order valence-corrected chi connectivity index (χ2v) is 4.41. The van der Waals surface area contributed by atoms with Crippen molar-refractivity contribution < 1.29 is 19.1 Å². The minimum atomic E-state index is -0.404. The van der Waals surface area contributed by atoms with Gasteiger partial charge in [0.05, 0.1) is 13.7 Å². The number of hydrogen-bond acceptors (Lipinski definition) is 5. The Balaban J connectivity index is 1.95. The van der Waals surface area contributed by atoms with E-state index in [0.717, 1.165) is 5.56 Å². The normalized spacial score (nSPS) is 10.5. The summed E-state index contributed by atoms with van der Waals surface area (Å²) in [4.78, 5) is 11.5. The molecule has 0 aliphatic rings. The third-order valence-electron chi connectivity index (χ3n) is 2.98. The molecule has 5 heteroatoms. The van der Waals surface area contributed by atoms with Crippen LogP contribution in [0.3, 0.4) is 0 Å². The molecule has 1 aromatic heterocycles. The van der Waals surface area contributed by atoms with E-state index in [9.17, 15) is 9.90 Å². The van der Waals surface area contributed by atoms with Crippen molar-refractivity contribution in [1.82, 2.24) is 5.32 Å².